The number of nitrogens with one attached hydrogen (secondary N) is 2. The standard InChI is InChI=1S/C12H26N2O.C2H6.CH3.Cs/c1-5-14-9-7-6-8-11(13-4)12(15)10(2)3;1-2;;/h10-11,13-14H,5-9H2,1-4H3;1-2H3;1H3;/q;;-1;+1. The van der Waals surface area contributed by atoms with Crippen molar-refractivity contribution in [3.05, 3.63) is 7.43 Å². The minimum absolute atomic E-state index is 0. The summed E-state index contributed by atoms with van der Waals surface area (Å²) in [6.45, 7) is 12.1. The Labute approximate surface area is 180 Å². The number of hydrogen-bond donors (Lipinski definition) is 2. The Kier molecular flexibility index (Phi) is 33.2. The zero-order valence-corrected chi connectivity index (χ0v) is 20.9. The first-order chi connectivity index (χ1) is 8.13. The van der Waals surface area contributed by atoms with Crippen molar-refractivity contribution >= 4 is 5.78 Å². The maximum absolute atomic E-state index is 11.7. The molecule has 0 aliphatic rings. The van der Waals surface area contributed by atoms with Gasteiger partial charge in [0, 0.05) is 5.92 Å². The van der Waals surface area contributed by atoms with Gasteiger partial charge < -0.3 is 18.1 Å². The first-order valence-corrected chi connectivity index (χ1v) is 7.05. The van der Waals surface area contributed by atoms with Crippen molar-refractivity contribution < 1.29 is 73.7 Å². The van der Waals surface area contributed by atoms with Crippen molar-refractivity contribution in [2.24, 2.45) is 5.92 Å². The van der Waals surface area contributed by atoms with Gasteiger partial charge >= 0.3 is 68.9 Å². The summed E-state index contributed by atoms with van der Waals surface area (Å²) in [7, 11) is 1.87. The Hall–Kier alpha value is 1.64. The largest absolute Gasteiger partial charge is 1.00 e. The zero-order chi connectivity index (χ0) is 13.7. The van der Waals surface area contributed by atoms with Crippen molar-refractivity contribution in [2.45, 2.75) is 59.9 Å². The van der Waals surface area contributed by atoms with Crippen LogP contribution in [0.15, 0.2) is 0 Å². The number of carbonyl (C=O) groups excluding carboxylic acids is 1. The van der Waals surface area contributed by atoms with Gasteiger partial charge in [-0.1, -0.05) is 41.0 Å². The SMILES string of the molecule is CC.CCNCCCCC(NC)C(=O)C(C)C.[CH3-].[Cs+]. The van der Waals surface area contributed by atoms with E-state index in [0.717, 1.165) is 32.4 Å². The van der Waals surface area contributed by atoms with Crippen LogP contribution in [-0.2, 0) is 4.79 Å². The van der Waals surface area contributed by atoms with Crippen LogP contribution in [0.1, 0.15) is 53.9 Å². The van der Waals surface area contributed by atoms with Crippen LogP contribution in [0.3, 0.4) is 0 Å². The molecule has 0 bridgehead atoms. The molecular weight excluding hydrogens is 357 g/mol. The van der Waals surface area contributed by atoms with Gasteiger partial charge in [0.2, 0.25) is 0 Å². The molecule has 0 aromatic rings. The molecule has 0 aliphatic carbocycles. The Morgan fingerprint density at radius 2 is 1.68 bits per heavy atom. The second kappa shape index (κ2) is 21.9. The summed E-state index contributed by atoms with van der Waals surface area (Å²) < 4.78 is 0. The van der Waals surface area contributed by atoms with Crippen molar-refractivity contribution in [2.75, 3.05) is 20.1 Å². The molecule has 0 aromatic carbocycles. The van der Waals surface area contributed by atoms with Crippen molar-refractivity contribution in [3.63, 3.8) is 0 Å². The minimum Gasteiger partial charge on any atom is -0.358 e. The van der Waals surface area contributed by atoms with Crippen LogP contribution < -0.4 is 79.5 Å². The van der Waals surface area contributed by atoms with Crippen LogP contribution in [0.2, 0.25) is 0 Å². The molecule has 0 aliphatic heterocycles. The van der Waals surface area contributed by atoms with Crippen LogP contribution in [0.4, 0.5) is 0 Å². The van der Waals surface area contributed by atoms with E-state index < -0.39 is 0 Å². The molecule has 0 rings (SSSR count). The van der Waals surface area contributed by atoms with Gasteiger partial charge in [-0.2, -0.15) is 0 Å². The summed E-state index contributed by atoms with van der Waals surface area (Å²) in [4.78, 5) is 11.7. The molecule has 112 valence electrons. The maximum atomic E-state index is 11.7. The van der Waals surface area contributed by atoms with E-state index >= 15 is 0 Å². The van der Waals surface area contributed by atoms with Crippen molar-refractivity contribution in [3.8, 4) is 0 Å². The molecule has 2 N–H and O–H groups in total. The minimum atomic E-state index is 0. The van der Waals surface area contributed by atoms with E-state index in [-0.39, 0.29) is 88.3 Å². The summed E-state index contributed by atoms with van der Waals surface area (Å²) >= 11 is 0. The number of carbonyl (C=O) groups is 1. The second-order valence-electron chi connectivity index (χ2n) is 4.25. The van der Waals surface area contributed by atoms with E-state index in [4.69, 9.17) is 0 Å². The molecule has 0 saturated carbocycles. The van der Waals surface area contributed by atoms with E-state index in [0.29, 0.717) is 5.78 Å². The monoisotopic (exact) mass is 392 g/mol. The number of Topliss-reactive ketones (excluding diaryl/α,β-unsaturated/α-hetero) is 1. The first kappa shape index (κ1) is 28.8. The van der Waals surface area contributed by atoms with Crippen LogP contribution in [-0.4, -0.2) is 32.0 Å². The number of unbranched alkanes of at least 4 members (excludes halogenated alkanes) is 1. The molecule has 0 fully saturated rings. The van der Waals surface area contributed by atoms with Crippen LogP contribution >= 0.6 is 0 Å². The van der Waals surface area contributed by atoms with E-state index in [1.54, 1.807) is 0 Å². The predicted octanol–water partition coefficient (Wildman–Crippen LogP) is 0.0598. The smallest absolute Gasteiger partial charge is 0.358 e. The molecule has 0 spiro atoms. The fourth-order valence-corrected chi connectivity index (χ4v) is 1.61. The molecule has 0 aromatic heterocycles. The van der Waals surface area contributed by atoms with Gasteiger partial charge in [0.1, 0.15) is 0 Å². The zero-order valence-electron chi connectivity index (χ0n) is 14.6. The van der Waals surface area contributed by atoms with Gasteiger partial charge in [-0.05, 0) is 33.0 Å². The third-order valence-corrected chi connectivity index (χ3v) is 2.61. The molecule has 19 heavy (non-hydrogen) atoms. The van der Waals surface area contributed by atoms with Gasteiger partial charge in [0.25, 0.3) is 0 Å². The summed E-state index contributed by atoms with van der Waals surface area (Å²) in [6.07, 6.45) is 3.22. The topological polar surface area (TPSA) is 41.1 Å². The van der Waals surface area contributed by atoms with Gasteiger partial charge in [-0.3, -0.25) is 4.79 Å². The van der Waals surface area contributed by atoms with E-state index in [9.17, 15) is 4.79 Å². The predicted molar refractivity (Wildman–Crippen MR) is 82.8 cm³/mol. The van der Waals surface area contributed by atoms with E-state index in [2.05, 4.69) is 17.6 Å². The van der Waals surface area contributed by atoms with Crippen LogP contribution in [0.25, 0.3) is 0 Å². The number of ketones is 1. The number of hydrogen-bond acceptors (Lipinski definition) is 3. The molecule has 0 radical (unpaired) electrons. The molecule has 4 heteroatoms. The quantitative estimate of drug-likeness (QED) is 0.431. The molecular formula is C15H35CsN2O. The summed E-state index contributed by atoms with van der Waals surface area (Å²) in [5.74, 6) is 0.470. The Bertz CT molecular complexity index is 176. The molecule has 1 atom stereocenters. The molecule has 0 saturated heterocycles. The fraction of sp³-hybridized carbons (Fsp3) is 0.867. The van der Waals surface area contributed by atoms with Crippen molar-refractivity contribution in [1.82, 2.24) is 10.6 Å². The van der Waals surface area contributed by atoms with Gasteiger partial charge in [-0.25, -0.2) is 0 Å². The Morgan fingerprint density at radius 1 is 1.16 bits per heavy atom. The molecule has 0 amide bonds. The summed E-state index contributed by atoms with van der Waals surface area (Å²) in [5.41, 5.74) is 0. The third-order valence-electron chi connectivity index (χ3n) is 2.61. The normalized spacial score (nSPS) is 10.7. The van der Waals surface area contributed by atoms with E-state index in [1.165, 1.54) is 0 Å². The molecule has 1 unspecified atom stereocenters. The summed E-state index contributed by atoms with van der Waals surface area (Å²) in [6, 6.07) is 0.0478. The number of rotatable bonds is 9. The van der Waals surface area contributed by atoms with Gasteiger partial charge in [-0.15, -0.1) is 0 Å². The Morgan fingerprint density at radius 3 is 2.05 bits per heavy atom. The first-order valence-electron chi connectivity index (χ1n) is 7.05. The van der Waals surface area contributed by atoms with Gasteiger partial charge in [0.15, 0.2) is 5.78 Å². The maximum Gasteiger partial charge on any atom is 1.00 e. The van der Waals surface area contributed by atoms with Crippen molar-refractivity contribution in [1.29, 1.82) is 0 Å². The summed E-state index contributed by atoms with van der Waals surface area (Å²) in [5, 5.41) is 6.39. The fourth-order valence-electron chi connectivity index (χ4n) is 1.61. The van der Waals surface area contributed by atoms with Crippen LogP contribution in [0.5, 0.6) is 0 Å². The molecule has 0 heterocycles. The van der Waals surface area contributed by atoms with E-state index in [1.807, 2.05) is 34.7 Å². The van der Waals surface area contributed by atoms with Gasteiger partial charge in [0.05, 0.1) is 6.04 Å². The second-order valence-corrected chi connectivity index (χ2v) is 4.25. The average molecular weight is 392 g/mol. The van der Waals surface area contributed by atoms with Crippen LogP contribution in [0, 0.1) is 13.3 Å². The molecule has 3 nitrogen and oxygen atoms in total. The number of likely N-dealkylation sites (N-methyl/N-ethyl adjacent to an activating group) is 1. The Balaban J connectivity index is -0.000000267. The third kappa shape index (κ3) is 17.6. The average Bonchev–Trinajstić information content (AvgIpc) is 2.35.